The van der Waals surface area contributed by atoms with E-state index < -0.39 is 0 Å². The predicted octanol–water partition coefficient (Wildman–Crippen LogP) is 3.14. The van der Waals surface area contributed by atoms with E-state index >= 15 is 0 Å². The normalized spacial score (nSPS) is 12.4. The summed E-state index contributed by atoms with van der Waals surface area (Å²) in [6.45, 7) is 0. The van der Waals surface area contributed by atoms with Crippen molar-refractivity contribution in [1.29, 1.82) is 0 Å². The fourth-order valence-corrected chi connectivity index (χ4v) is 2.28. The fraction of sp³-hybridized carbons (Fsp3) is 0.154. The SMILES string of the molecule is NNC(Cc1ccccc1)c1ncc(Cl)cc1Cl. The average molecular weight is 282 g/mol. The first-order chi connectivity index (χ1) is 8.70. The number of halogens is 2. The van der Waals surface area contributed by atoms with Crippen LogP contribution in [0.3, 0.4) is 0 Å². The maximum Gasteiger partial charge on any atom is 0.0777 e. The summed E-state index contributed by atoms with van der Waals surface area (Å²) >= 11 is 12.0. The smallest absolute Gasteiger partial charge is 0.0777 e. The second kappa shape index (κ2) is 6.16. The Morgan fingerprint density at radius 1 is 1.22 bits per heavy atom. The van der Waals surface area contributed by atoms with Crippen molar-refractivity contribution in [2.24, 2.45) is 5.84 Å². The van der Waals surface area contributed by atoms with Gasteiger partial charge in [0, 0.05) is 6.20 Å². The molecule has 1 aromatic carbocycles. The van der Waals surface area contributed by atoms with Crippen molar-refractivity contribution in [3.8, 4) is 0 Å². The average Bonchev–Trinajstić information content (AvgIpc) is 2.38. The Morgan fingerprint density at radius 2 is 1.94 bits per heavy atom. The van der Waals surface area contributed by atoms with Crippen LogP contribution in [-0.2, 0) is 6.42 Å². The number of hydrogen-bond acceptors (Lipinski definition) is 3. The molecule has 0 aliphatic rings. The molecule has 94 valence electrons. The Morgan fingerprint density at radius 3 is 2.56 bits per heavy atom. The molecule has 2 rings (SSSR count). The molecule has 0 radical (unpaired) electrons. The van der Waals surface area contributed by atoms with Crippen LogP contribution in [0.4, 0.5) is 0 Å². The Kier molecular flexibility index (Phi) is 4.55. The van der Waals surface area contributed by atoms with Crippen molar-refractivity contribution in [2.75, 3.05) is 0 Å². The number of nitrogens with zero attached hydrogens (tertiary/aromatic N) is 1. The van der Waals surface area contributed by atoms with Gasteiger partial charge in [-0.1, -0.05) is 53.5 Å². The zero-order valence-electron chi connectivity index (χ0n) is 9.61. The van der Waals surface area contributed by atoms with Crippen LogP contribution in [0, 0.1) is 0 Å². The lowest BCUT2D eigenvalue weighted by atomic mass is 10.0. The molecule has 0 fully saturated rings. The minimum absolute atomic E-state index is 0.142. The Hall–Kier alpha value is -1.13. The molecule has 5 heteroatoms. The van der Waals surface area contributed by atoms with E-state index in [-0.39, 0.29) is 6.04 Å². The van der Waals surface area contributed by atoms with Crippen molar-refractivity contribution >= 4 is 23.2 Å². The molecule has 0 saturated heterocycles. The van der Waals surface area contributed by atoms with Crippen LogP contribution in [0.1, 0.15) is 17.3 Å². The van der Waals surface area contributed by atoms with Crippen LogP contribution in [0.25, 0.3) is 0 Å². The van der Waals surface area contributed by atoms with Crippen LogP contribution in [-0.4, -0.2) is 4.98 Å². The molecule has 2 aromatic rings. The molecule has 1 heterocycles. The van der Waals surface area contributed by atoms with Crippen molar-refractivity contribution in [3.63, 3.8) is 0 Å². The third-order valence-electron chi connectivity index (χ3n) is 2.65. The van der Waals surface area contributed by atoms with Gasteiger partial charge >= 0.3 is 0 Å². The van der Waals surface area contributed by atoms with Gasteiger partial charge in [0.2, 0.25) is 0 Å². The van der Waals surface area contributed by atoms with Gasteiger partial charge in [0.05, 0.1) is 21.8 Å². The number of nitrogens with two attached hydrogens (primary N) is 1. The summed E-state index contributed by atoms with van der Waals surface area (Å²) in [5.74, 6) is 5.58. The number of benzene rings is 1. The number of hydrogen-bond donors (Lipinski definition) is 2. The largest absolute Gasteiger partial charge is 0.271 e. The first kappa shape index (κ1) is 13.3. The van der Waals surface area contributed by atoms with Crippen LogP contribution in [0.15, 0.2) is 42.6 Å². The molecule has 3 N–H and O–H groups in total. The van der Waals surface area contributed by atoms with Gasteiger partial charge in [-0.05, 0) is 18.1 Å². The molecule has 1 aromatic heterocycles. The predicted molar refractivity (Wildman–Crippen MR) is 74.5 cm³/mol. The van der Waals surface area contributed by atoms with Gasteiger partial charge in [0.25, 0.3) is 0 Å². The molecule has 0 saturated carbocycles. The monoisotopic (exact) mass is 281 g/mol. The molecule has 0 bridgehead atoms. The first-order valence-electron chi connectivity index (χ1n) is 5.51. The van der Waals surface area contributed by atoms with Gasteiger partial charge in [-0.15, -0.1) is 0 Å². The summed E-state index contributed by atoms with van der Waals surface area (Å²) in [5, 5.41) is 1.03. The quantitative estimate of drug-likeness (QED) is 0.669. The van der Waals surface area contributed by atoms with Crippen molar-refractivity contribution in [3.05, 3.63) is 63.9 Å². The molecule has 0 spiro atoms. The maximum absolute atomic E-state index is 6.13. The van der Waals surface area contributed by atoms with E-state index in [1.807, 2.05) is 30.3 Å². The van der Waals surface area contributed by atoms with E-state index in [0.29, 0.717) is 22.2 Å². The Balaban J connectivity index is 2.23. The number of nitrogens with one attached hydrogen (secondary N) is 1. The molecule has 18 heavy (non-hydrogen) atoms. The van der Waals surface area contributed by atoms with Crippen LogP contribution >= 0.6 is 23.2 Å². The van der Waals surface area contributed by atoms with Gasteiger partial charge in [-0.2, -0.15) is 0 Å². The lowest BCUT2D eigenvalue weighted by Gasteiger charge is -2.16. The molecular weight excluding hydrogens is 269 g/mol. The van der Waals surface area contributed by atoms with Crippen LogP contribution in [0.5, 0.6) is 0 Å². The summed E-state index contributed by atoms with van der Waals surface area (Å²) in [6, 6.07) is 11.5. The topological polar surface area (TPSA) is 50.9 Å². The minimum atomic E-state index is -0.142. The number of aromatic nitrogens is 1. The Bertz CT molecular complexity index is 517. The molecule has 3 nitrogen and oxygen atoms in total. The lowest BCUT2D eigenvalue weighted by molar-refractivity contribution is 0.538. The Labute approximate surface area is 116 Å². The van der Waals surface area contributed by atoms with Crippen molar-refractivity contribution < 1.29 is 0 Å². The number of hydrazine groups is 1. The van der Waals surface area contributed by atoms with Crippen LogP contribution in [0.2, 0.25) is 10.0 Å². The summed E-state index contributed by atoms with van der Waals surface area (Å²) in [6.07, 6.45) is 2.28. The minimum Gasteiger partial charge on any atom is -0.271 e. The number of pyridine rings is 1. The molecule has 0 aliphatic carbocycles. The maximum atomic E-state index is 6.13. The second-order valence-corrected chi connectivity index (χ2v) is 4.77. The summed E-state index contributed by atoms with van der Waals surface area (Å²) < 4.78 is 0. The van der Waals surface area contributed by atoms with Gasteiger partial charge in [-0.25, -0.2) is 0 Å². The van der Waals surface area contributed by atoms with E-state index in [9.17, 15) is 0 Å². The standard InChI is InChI=1S/C13H13Cl2N3/c14-10-7-11(15)13(17-8-10)12(18-16)6-9-4-2-1-3-5-9/h1-5,7-8,12,18H,6,16H2. The molecule has 0 aliphatic heterocycles. The molecular formula is C13H13Cl2N3. The van der Waals surface area contributed by atoms with Gasteiger partial charge in [0.15, 0.2) is 0 Å². The highest BCUT2D eigenvalue weighted by molar-refractivity contribution is 6.34. The van der Waals surface area contributed by atoms with Crippen LogP contribution < -0.4 is 11.3 Å². The third kappa shape index (κ3) is 3.21. The fourth-order valence-electron chi connectivity index (χ4n) is 1.77. The lowest BCUT2D eigenvalue weighted by Crippen LogP contribution is -2.30. The van der Waals surface area contributed by atoms with Gasteiger partial charge in [0.1, 0.15) is 0 Å². The first-order valence-corrected chi connectivity index (χ1v) is 6.27. The third-order valence-corrected chi connectivity index (χ3v) is 3.16. The summed E-state index contributed by atoms with van der Waals surface area (Å²) in [7, 11) is 0. The van der Waals surface area contributed by atoms with E-state index in [0.717, 1.165) is 5.56 Å². The van der Waals surface area contributed by atoms with Crippen molar-refractivity contribution in [1.82, 2.24) is 10.4 Å². The van der Waals surface area contributed by atoms with E-state index in [1.165, 1.54) is 0 Å². The van der Waals surface area contributed by atoms with Gasteiger partial charge < -0.3 is 0 Å². The van der Waals surface area contributed by atoms with Gasteiger partial charge in [-0.3, -0.25) is 16.3 Å². The van der Waals surface area contributed by atoms with E-state index in [4.69, 9.17) is 29.0 Å². The summed E-state index contributed by atoms with van der Waals surface area (Å²) in [4.78, 5) is 4.24. The second-order valence-electron chi connectivity index (χ2n) is 3.93. The number of rotatable bonds is 4. The highest BCUT2D eigenvalue weighted by Crippen LogP contribution is 2.25. The zero-order valence-corrected chi connectivity index (χ0v) is 11.1. The van der Waals surface area contributed by atoms with E-state index in [1.54, 1.807) is 12.3 Å². The highest BCUT2D eigenvalue weighted by atomic mass is 35.5. The highest BCUT2D eigenvalue weighted by Gasteiger charge is 2.15. The molecule has 1 atom stereocenters. The van der Waals surface area contributed by atoms with Crippen molar-refractivity contribution in [2.45, 2.75) is 12.5 Å². The molecule has 0 amide bonds. The van der Waals surface area contributed by atoms with E-state index in [2.05, 4.69) is 10.4 Å². The summed E-state index contributed by atoms with van der Waals surface area (Å²) in [5.41, 5.74) is 4.60. The zero-order chi connectivity index (χ0) is 13.0. The molecule has 1 unspecified atom stereocenters.